The molecule has 0 amide bonds. The Balaban J connectivity index is 1.78. The molecule has 2 aromatic heterocycles. The van der Waals surface area contributed by atoms with E-state index in [2.05, 4.69) is 51.2 Å². The van der Waals surface area contributed by atoms with Gasteiger partial charge in [-0.1, -0.05) is 24.3 Å². The van der Waals surface area contributed by atoms with Gasteiger partial charge in [0.15, 0.2) is 0 Å². The summed E-state index contributed by atoms with van der Waals surface area (Å²) >= 11 is 0. The van der Waals surface area contributed by atoms with Gasteiger partial charge < -0.3 is 9.88 Å². The van der Waals surface area contributed by atoms with Crippen LogP contribution >= 0.6 is 0 Å². The predicted molar refractivity (Wildman–Crippen MR) is 79.8 cm³/mol. The van der Waals surface area contributed by atoms with Crippen molar-refractivity contribution in [1.82, 2.24) is 15.0 Å². The zero-order chi connectivity index (χ0) is 13.5. The molecule has 0 spiro atoms. The lowest BCUT2D eigenvalue weighted by Crippen LogP contribution is -2.23. The first kappa shape index (κ1) is 11.5. The molecule has 1 unspecified atom stereocenters. The molecule has 3 aromatic rings. The smallest absolute Gasteiger partial charge is 0.142 e. The van der Waals surface area contributed by atoms with Crippen molar-refractivity contribution in [3.8, 4) is 0 Å². The molecular weight excluding hydrogens is 248 g/mol. The highest BCUT2D eigenvalue weighted by Crippen LogP contribution is 2.38. The highest BCUT2D eigenvalue weighted by atomic mass is 15.2. The maximum absolute atomic E-state index is 4.49. The zero-order valence-electron chi connectivity index (χ0n) is 11.4. The Hall–Kier alpha value is -2.36. The normalized spacial score (nSPS) is 17.4. The van der Waals surface area contributed by atoms with E-state index < -0.39 is 0 Å². The van der Waals surface area contributed by atoms with E-state index in [9.17, 15) is 0 Å². The Morgan fingerprint density at radius 2 is 2.10 bits per heavy atom. The molecule has 0 saturated heterocycles. The second kappa shape index (κ2) is 4.34. The van der Waals surface area contributed by atoms with E-state index in [1.807, 2.05) is 12.3 Å². The van der Waals surface area contributed by atoms with Crippen LogP contribution in [0.15, 0.2) is 42.9 Å². The fourth-order valence-corrected chi connectivity index (χ4v) is 3.22. The average molecular weight is 264 g/mol. The van der Waals surface area contributed by atoms with E-state index in [1.54, 1.807) is 6.33 Å². The number of fused-ring (bicyclic) bond motifs is 2. The maximum Gasteiger partial charge on any atom is 0.142 e. The molecule has 1 aliphatic rings. The fraction of sp³-hybridized carbons (Fsp3) is 0.250. The third kappa shape index (κ3) is 1.61. The molecule has 1 aromatic carbocycles. The van der Waals surface area contributed by atoms with Gasteiger partial charge in [0, 0.05) is 13.2 Å². The van der Waals surface area contributed by atoms with Gasteiger partial charge >= 0.3 is 0 Å². The summed E-state index contributed by atoms with van der Waals surface area (Å²) in [6.45, 7) is 0. The number of aromatic nitrogens is 3. The first-order chi connectivity index (χ1) is 9.84. The molecule has 0 saturated carbocycles. The molecule has 4 rings (SSSR count). The third-order valence-corrected chi connectivity index (χ3v) is 4.24. The summed E-state index contributed by atoms with van der Waals surface area (Å²) in [6.07, 6.45) is 5.84. The van der Waals surface area contributed by atoms with Crippen molar-refractivity contribution in [3.63, 3.8) is 0 Å². The number of rotatable bonds is 2. The van der Waals surface area contributed by atoms with E-state index >= 15 is 0 Å². The summed E-state index contributed by atoms with van der Waals surface area (Å²) in [5, 5.41) is 1.08. The van der Waals surface area contributed by atoms with E-state index in [4.69, 9.17) is 0 Å². The van der Waals surface area contributed by atoms with Gasteiger partial charge in [0.05, 0.1) is 11.4 Å². The van der Waals surface area contributed by atoms with Crippen LogP contribution in [-0.2, 0) is 6.42 Å². The van der Waals surface area contributed by atoms with Crippen LogP contribution < -0.4 is 4.90 Å². The molecule has 2 heterocycles. The monoisotopic (exact) mass is 264 g/mol. The molecule has 0 aliphatic heterocycles. The van der Waals surface area contributed by atoms with Gasteiger partial charge in [0.1, 0.15) is 17.8 Å². The van der Waals surface area contributed by atoms with Gasteiger partial charge in [0.2, 0.25) is 0 Å². The van der Waals surface area contributed by atoms with Gasteiger partial charge in [0.25, 0.3) is 0 Å². The van der Waals surface area contributed by atoms with Crippen LogP contribution in [0.4, 0.5) is 5.82 Å². The van der Waals surface area contributed by atoms with E-state index in [0.717, 1.165) is 29.7 Å². The number of benzene rings is 1. The molecule has 0 radical (unpaired) electrons. The van der Waals surface area contributed by atoms with Crippen molar-refractivity contribution in [2.45, 2.75) is 18.9 Å². The van der Waals surface area contributed by atoms with Crippen LogP contribution in [0.1, 0.15) is 23.6 Å². The molecule has 1 atom stereocenters. The second-order valence-electron chi connectivity index (χ2n) is 5.30. The first-order valence-corrected chi connectivity index (χ1v) is 6.93. The number of nitrogens with zero attached hydrogens (tertiary/aromatic N) is 3. The number of hydrogen-bond acceptors (Lipinski definition) is 3. The van der Waals surface area contributed by atoms with Crippen molar-refractivity contribution in [2.24, 2.45) is 0 Å². The van der Waals surface area contributed by atoms with Crippen LogP contribution in [0.5, 0.6) is 0 Å². The highest BCUT2D eigenvalue weighted by molar-refractivity contribution is 5.87. The Morgan fingerprint density at radius 3 is 3.05 bits per heavy atom. The number of aryl methyl sites for hydroxylation is 1. The molecule has 4 heteroatoms. The number of aromatic amines is 1. The largest absolute Gasteiger partial charge is 0.352 e. The number of hydrogen-bond donors (Lipinski definition) is 1. The molecule has 1 N–H and O–H groups in total. The summed E-state index contributed by atoms with van der Waals surface area (Å²) < 4.78 is 0. The van der Waals surface area contributed by atoms with Gasteiger partial charge in [-0.25, -0.2) is 9.97 Å². The molecule has 4 nitrogen and oxygen atoms in total. The molecule has 100 valence electrons. The first-order valence-electron chi connectivity index (χ1n) is 6.93. The van der Waals surface area contributed by atoms with E-state index in [0.29, 0.717) is 6.04 Å². The van der Waals surface area contributed by atoms with Crippen LogP contribution in [0.3, 0.4) is 0 Å². The lowest BCUT2D eigenvalue weighted by Gasteiger charge is -2.26. The number of anilines is 1. The zero-order valence-corrected chi connectivity index (χ0v) is 11.4. The minimum Gasteiger partial charge on any atom is -0.352 e. The number of nitrogens with one attached hydrogen (secondary N) is 1. The minimum absolute atomic E-state index is 0.402. The Kier molecular flexibility index (Phi) is 2.49. The molecule has 1 aliphatic carbocycles. The SMILES string of the molecule is CN(c1ncnc2[nH]ccc12)C1CCc2ccccc21. The maximum atomic E-state index is 4.49. The molecule has 0 bridgehead atoms. The standard InChI is InChI=1S/C16H16N4/c1-20(14-7-6-11-4-2-3-5-12(11)14)16-13-8-9-17-15(13)18-10-19-16/h2-5,8-10,14H,6-7H2,1H3,(H,17,18,19). The predicted octanol–water partition coefficient (Wildman–Crippen LogP) is 3.08. The Labute approximate surface area is 117 Å². The van der Waals surface area contributed by atoms with Gasteiger partial charge in [-0.15, -0.1) is 0 Å². The van der Waals surface area contributed by atoms with Gasteiger partial charge in [-0.3, -0.25) is 0 Å². The van der Waals surface area contributed by atoms with E-state index in [-0.39, 0.29) is 0 Å². The van der Waals surface area contributed by atoms with Gasteiger partial charge in [-0.2, -0.15) is 0 Å². The summed E-state index contributed by atoms with van der Waals surface area (Å²) in [7, 11) is 2.13. The van der Waals surface area contributed by atoms with Gasteiger partial charge in [-0.05, 0) is 30.0 Å². The topological polar surface area (TPSA) is 44.8 Å². The third-order valence-electron chi connectivity index (χ3n) is 4.24. The van der Waals surface area contributed by atoms with Crippen molar-refractivity contribution >= 4 is 16.9 Å². The van der Waals surface area contributed by atoms with Crippen molar-refractivity contribution < 1.29 is 0 Å². The molecule has 0 fully saturated rings. The Morgan fingerprint density at radius 1 is 1.20 bits per heavy atom. The van der Waals surface area contributed by atoms with Crippen molar-refractivity contribution in [1.29, 1.82) is 0 Å². The molecule has 20 heavy (non-hydrogen) atoms. The average Bonchev–Trinajstić information content (AvgIpc) is 3.12. The summed E-state index contributed by atoms with van der Waals surface area (Å²) in [5.41, 5.74) is 3.79. The lowest BCUT2D eigenvalue weighted by atomic mass is 10.1. The van der Waals surface area contributed by atoms with E-state index in [1.165, 1.54) is 11.1 Å². The summed E-state index contributed by atoms with van der Waals surface area (Å²) in [5.74, 6) is 0.998. The second-order valence-corrected chi connectivity index (χ2v) is 5.30. The summed E-state index contributed by atoms with van der Waals surface area (Å²) in [4.78, 5) is 14.2. The van der Waals surface area contributed by atoms with Crippen molar-refractivity contribution in [2.75, 3.05) is 11.9 Å². The highest BCUT2D eigenvalue weighted by Gasteiger charge is 2.27. The summed E-state index contributed by atoms with van der Waals surface area (Å²) in [6, 6.07) is 11.2. The fourth-order valence-electron chi connectivity index (χ4n) is 3.22. The number of H-pyrrole nitrogens is 1. The quantitative estimate of drug-likeness (QED) is 0.773. The minimum atomic E-state index is 0.402. The van der Waals surface area contributed by atoms with Crippen molar-refractivity contribution in [3.05, 3.63) is 54.0 Å². The van der Waals surface area contributed by atoms with Crippen LogP contribution in [0.2, 0.25) is 0 Å². The van der Waals surface area contributed by atoms with Crippen LogP contribution in [0.25, 0.3) is 11.0 Å². The molecular formula is C16H16N4. The lowest BCUT2D eigenvalue weighted by molar-refractivity contribution is 0.657. The van der Waals surface area contributed by atoms with Crippen LogP contribution in [0, 0.1) is 0 Å². The Bertz CT molecular complexity index is 762. The van der Waals surface area contributed by atoms with Crippen LogP contribution in [-0.4, -0.2) is 22.0 Å².